The van der Waals surface area contributed by atoms with Crippen molar-refractivity contribution < 1.29 is 0 Å². The topological polar surface area (TPSA) is 24.1 Å². The molecule has 0 aromatic heterocycles. The second-order valence-corrected chi connectivity index (χ2v) is 8.43. The highest BCUT2D eigenvalue weighted by molar-refractivity contribution is 6.31. The monoisotopic (exact) mass is 304 g/mol. The maximum absolute atomic E-state index is 6.40. The van der Waals surface area contributed by atoms with Gasteiger partial charge in [0.05, 0.1) is 0 Å². The van der Waals surface area contributed by atoms with Crippen molar-refractivity contribution in [2.45, 2.75) is 52.1 Å². The Kier molecular flexibility index (Phi) is 2.99. The zero-order valence-corrected chi connectivity index (χ0v) is 13.9. The van der Waals surface area contributed by atoms with Crippen LogP contribution in [0, 0.1) is 22.7 Å². The van der Waals surface area contributed by atoms with Crippen LogP contribution in [0.5, 0.6) is 0 Å². The highest BCUT2D eigenvalue weighted by Crippen LogP contribution is 2.69. The summed E-state index contributed by atoms with van der Waals surface area (Å²) in [6.45, 7) is 7.45. The molecule has 1 heterocycles. The predicted octanol–water partition coefficient (Wildman–Crippen LogP) is 4.32. The zero-order chi connectivity index (χ0) is 14.8. The Morgan fingerprint density at radius 3 is 2.67 bits per heavy atom. The van der Waals surface area contributed by atoms with Crippen LogP contribution in [0.1, 0.15) is 51.6 Å². The summed E-state index contributed by atoms with van der Waals surface area (Å²) in [5.41, 5.74) is 9.32. The van der Waals surface area contributed by atoms with Crippen LogP contribution in [-0.4, -0.2) is 6.04 Å². The highest BCUT2D eigenvalue weighted by atomic mass is 35.5. The molecule has 0 amide bonds. The highest BCUT2D eigenvalue weighted by Gasteiger charge is 2.66. The third-order valence-electron chi connectivity index (χ3n) is 7.21. The fourth-order valence-corrected chi connectivity index (χ4v) is 5.89. The third kappa shape index (κ3) is 1.73. The Balaban J connectivity index is 1.64. The van der Waals surface area contributed by atoms with Crippen LogP contribution in [0.15, 0.2) is 24.3 Å². The lowest BCUT2D eigenvalue weighted by Gasteiger charge is -2.45. The Labute approximate surface area is 132 Å². The number of fused-ring (bicyclic) bond motifs is 5. The molecule has 2 bridgehead atoms. The summed E-state index contributed by atoms with van der Waals surface area (Å²) in [5, 5.41) is 0.879. The molecule has 5 atom stereocenters. The minimum atomic E-state index is 0.332. The standard InChI is InChI=1S/C18H25ClN2/c1-17(2)13-8-9-18(17,3)16-12(13)10-15(20-21-16)11-6-4-5-7-14(11)19/h4-7,12-13,15-16,20-21H,8-10H2,1-3H3/t12?,13-,15?,16?,18-/m1/s1. The minimum absolute atomic E-state index is 0.332. The van der Waals surface area contributed by atoms with Crippen LogP contribution < -0.4 is 10.9 Å². The smallest absolute Gasteiger partial charge is 0.0480 e. The summed E-state index contributed by atoms with van der Waals surface area (Å²) in [7, 11) is 0. The Bertz CT molecular complexity index is 570. The van der Waals surface area contributed by atoms with E-state index in [9.17, 15) is 0 Å². The van der Waals surface area contributed by atoms with Gasteiger partial charge in [-0.15, -0.1) is 0 Å². The molecule has 1 saturated heterocycles. The van der Waals surface area contributed by atoms with Crippen molar-refractivity contribution in [1.82, 2.24) is 10.9 Å². The second kappa shape index (κ2) is 4.47. The summed E-state index contributed by atoms with van der Waals surface area (Å²) < 4.78 is 0. The van der Waals surface area contributed by atoms with Gasteiger partial charge in [0.1, 0.15) is 0 Å². The van der Waals surface area contributed by atoms with Gasteiger partial charge in [-0.3, -0.25) is 5.43 Å². The molecule has 3 fully saturated rings. The molecule has 114 valence electrons. The van der Waals surface area contributed by atoms with Crippen molar-refractivity contribution in [3.05, 3.63) is 34.9 Å². The van der Waals surface area contributed by atoms with E-state index in [1.54, 1.807) is 0 Å². The first-order valence-corrected chi connectivity index (χ1v) is 8.58. The van der Waals surface area contributed by atoms with Crippen LogP contribution in [-0.2, 0) is 0 Å². The molecule has 2 saturated carbocycles. The molecule has 2 aliphatic carbocycles. The van der Waals surface area contributed by atoms with Gasteiger partial charge >= 0.3 is 0 Å². The molecule has 0 spiro atoms. The fraction of sp³-hybridized carbons (Fsp3) is 0.667. The van der Waals surface area contributed by atoms with Gasteiger partial charge in [-0.2, -0.15) is 0 Å². The Morgan fingerprint density at radius 1 is 1.14 bits per heavy atom. The van der Waals surface area contributed by atoms with E-state index in [1.807, 2.05) is 12.1 Å². The van der Waals surface area contributed by atoms with Gasteiger partial charge in [0, 0.05) is 17.1 Å². The van der Waals surface area contributed by atoms with E-state index in [0.29, 0.717) is 22.9 Å². The van der Waals surface area contributed by atoms with Gasteiger partial charge in [0.25, 0.3) is 0 Å². The molecule has 1 aromatic rings. The first-order chi connectivity index (χ1) is 9.95. The van der Waals surface area contributed by atoms with Crippen molar-refractivity contribution in [3.63, 3.8) is 0 Å². The van der Waals surface area contributed by atoms with E-state index in [2.05, 4.69) is 43.8 Å². The Morgan fingerprint density at radius 2 is 1.90 bits per heavy atom. The van der Waals surface area contributed by atoms with Crippen LogP contribution in [0.3, 0.4) is 0 Å². The van der Waals surface area contributed by atoms with Crippen molar-refractivity contribution in [1.29, 1.82) is 0 Å². The minimum Gasteiger partial charge on any atom is -0.253 e. The molecule has 3 unspecified atom stereocenters. The van der Waals surface area contributed by atoms with Crippen molar-refractivity contribution >= 4 is 11.6 Å². The van der Waals surface area contributed by atoms with E-state index >= 15 is 0 Å². The summed E-state index contributed by atoms with van der Waals surface area (Å²) in [5.74, 6) is 1.60. The molecular formula is C18H25ClN2. The number of hydrogen-bond donors (Lipinski definition) is 2. The molecule has 1 aliphatic heterocycles. The molecule has 0 radical (unpaired) electrons. The maximum atomic E-state index is 6.40. The summed E-state index contributed by atoms with van der Waals surface area (Å²) >= 11 is 6.40. The third-order valence-corrected chi connectivity index (χ3v) is 7.55. The molecule has 3 aliphatic rings. The molecule has 4 rings (SSSR count). The first kappa shape index (κ1) is 14.0. The van der Waals surface area contributed by atoms with Gasteiger partial charge in [-0.25, -0.2) is 5.43 Å². The molecule has 2 N–H and O–H groups in total. The number of rotatable bonds is 1. The quantitative estimate of drug-likeness (QED) is 0.807. The lowest BCUT2D eigenvalue weighted by Crippen LogP contribution is -2.58. The average Bonchev–Trinajstić information content (AvgIpc) is 2.79. The van der Waals surface area contributed by atoms with E-state index in [0.717, 1.165) is 16.9 Å². The van der Waals surface area contributed by atoms with Crippen LogP contribution in [0.4, 0.5) is 0 Å². The fourth-order valence-electron chi connectivity index (χ4n) is 5.62. The molecule has 1 aromatic carbocycles. The lowest BCUT2D eigenvalue weighted by molar-refractivity contribution is 0.0805. The Hall–Kier alpha value is -0.570. The van der Waals surface area contributed by atoms with E-state index in [1.165, 1.54) is 24.8 Å². The predicted molar refractivity (Wildman–Crippen MR) is 87.0 cm³/mol. The summed E-state index contributed by atoms with van der Waals surface area (Å²) in [6, 6.07) is 9.18. The molecular weight excluding hydrogens is 280 g/mol. The van der Waals surface area contributed by atoms with Gasteiger partial charge in [-0.1, -0.05) is 50.6 Å². The zero-order valence-electron chi connectivity index (χ0n) is 13.1. The molecule has 2 nitrogen and oxygen atoms in total. The number of nitrogens with one attached hydrogen (secondary N) is 2. The van der Waals surface area contributed by atoms with Crippen LogP contribution >= 0.6 is 11.6 Å². The van der Waals surface area contributed by atoms with Gasteiger partial charge in [0.2, 0.25) is 0 Å². The maximum Gasteiger partial charge on any atom is 0.0480 e. The van der Waals surface area contributed by atoms with Crippen molar-refractivity contribution in [2.75, 3.05) is 0 Å². The molecule has 21 heavy (non-hydrogen) atoms. The number of hydrogen-bond acceptors (Lipinski definition) is 2. The van der Waals surface area contributed by atoms with E-state index in [-0.39, 0.29) is 0 Å². The van der Waals surface area contributed by atoms with Crippen LogP contribution in [0.25, 0.3) is 0 Å². The second-order valence-electron chi connectivity index (χ2n) is 8.02. The van der Waals surface area contributed by atoms with Crippen molar-refractivity contribution in [3.8, 4) is 0 Å². The average molecular weight is 305 g/mol. The first-order valence-electron chi connectivity index (χ1n) is 8.20. The van der Waals surface area contributed by atoms with Gasteiger partial charge in [-0.05, 0) is 53.6 Å². The largest absolute Gasteiger partial charge is 0.253 e. The van der Waals surface area contributed by atoms with Crippen LogP contribution in [0.2, 0.25) is 5.02 Å². The lowest BCUT2D eigenvalue weighted by atomic mass is 9.69. The molecule has 3 heteroatoms. The SMILES string of the molecule is CC1(C)[C@@H]2CC[C@]1(C)C1NNC(c3ccccc3Cl)CC12. The summed E-state index contributed by atoms with van der Waals surface area (Å²) in [4.78, 5) is 0. The van der Waals surface area contributed by atoms with Gasteiger partial charge in [0.15, 0.2) is 0 Å². The van der Waals surface area contributed by atoms with E-state index in [4.69, 9.17) is 11.6 Å². The van der Waals surface area contributed by atoms with Gasteiger partial charge < -0.3 is 0 Å². The number of hydrazine groups is 1. The van der Waals surface area contributed by atoms with E-state index < -0.39 is 0 Å². The number of halogens is 1. The van der Waals surface area contributed by atoms with Crippen molar-refractivity contribution in [2.24, 2.45) is 22.7 Å². The normalized spacial score (nSPS) is 43.8. The summed E-state index contributed by atoms with van der Waals surface area (Å²) in [6.07, 6.45) is 3.95. The number of benzene rings is 1.